The number of nitrogens with one attached hydrogen (secondary N) is 1. The molecule has 0 amide bonds. The van der Waals surface area contributed by atoms with Gasteiger partial charge in [0.05, 0.1) is 11.9 Å². The maximum absolute atomic E-state index is 4.01. The number of hydrogen-bond donors (Lipinski definition) is 1. The molecule has 0 radical (unpaired) electrons. The van der Waals surface area contributed by atoms with Gasteiger partial charge in [0.2, 0.25) is 0 Å². The molecule has 1 N–H and O–H groups in total. The van der Waals surface area contributed by atoms with Gasteiger partial charge in [0, 0.05) is 32.2 Å². The molecular formula is C12H21N5. The third-order valence-corrected chi connectivity index (χ3v) is 3.85. The highest BCUT2D eigenvalue weighted by Gasteiger charge is 2.31. The average molecular weight is 235 g/mol. The molecule has 2 aliphatic rings. The smallest absolute Gasteiger partial charge is 0.0738 e. The SMILES string of the molecule is Cn1nncc1CN(C[C@@H]1CCCN1)C1CC1. The van der Waals surface area contributed by atoms with E-state index in [9.17, 15) is 0 Å². The van der Waals surface area contributed by atoms with Crippen LogP contribution in [0.3, 0.4) is 0 Å². The van der Waals surface area contributed by atoms with E-state index in [1.54, 1.807) is 0 Å². The van der Waals surface area contributed by atoms with Crippen LogP contribution >= 0.6 is 0 Å². The zero-order valence-corrected chi connectivity index (χ0v) is 10.5. The van der Waals surface area contributed by atoms with E-state index in [1.807, 2.05) is 17.9 Å². The van der Waals surface area contributed by atoms with E-state index in [2.05, 4.69) is 20.5 Å². The summed E-state index contributed by atoms with van der Waals surface area (Å²) in [6, 6.07) is 1.49. The van der Waals surface area contributed by atoms with E-state index >= 15 is 0 Å². The summed E-state index contributed by atoms with van der Waals surface area (Å²) in [7, 11) is 1.97. The quantitative estimate of drug-likeness (QED) is 0.809. The van der Waals surface area contributed by atoms with E-state index in [-0.39, 0.29) is 0 Å². The third-order valence-electron chi connectivity index (χ3n) is 3.85. The van der Waals surface area contributed by atoms with Crippen LogP contribution in [0.2, 0.25) is 0 Å². The maximum Gasteiger partial charge on any atom is 0.0738 e. The second-order valence-corrected chi connectivity index (χ2v) is 5.30. The summed E-state index contributed by atoms with van der Waals surface area (Å²) in [5.74, 6) is 0. The molecule has 1 aliphatic heterocycles. The lowest BCUT2D eigenvalue weighted by atomic mass is 10.2. The first-order valence-electron chi connectivity index (χ1n) is 6.64. The molecule has 0 spiro atoms. The third kappa shape index (κ3) is 2.66. The highest BCUT2D eigenvalue weighted by atomic mass is 15.4. The second kappa shape index (κ2) is 4.74. The molecule has 3 rings (SSSR count). The van der Waals surface area contributed by atoms with E-state index in [4.69, 9.17) is 0 Å². The van der Waals surface area contributed by atoms with Gasteiger partial charge in [0.15, 0.2) is 0 Å². The van der Waals surface area contributed by atoms with Crippen molar-refractivity contribution >= 4 is 0 Å². The van der Waals surface area contributed by atoms with Crippen molar-refractivity contribution in [3.8, 4) is 0 Å². The van der Waals surface area contributed by atoms with Gasteiger partial charge in [-0.3, -0.25) is 9.58 Å². The molecule has 5 heteroatoms. The fourth-order valence-electron chi connectivity index (χ4n) is 2.64. The largest absolute Gasteiger partial charge is 0.313 e. The summed E-state index contributed by atoms with van der Waals surface area (Å²) in [5.41, 5.74) is 1.22. The monoisotopic (exact) mass is 235 g/mol. The van der Waals surface area contributed by atoms with Crippen LogP contribution in [-0.4, -0.2) is 45.1 Å². The summed E-state index contributed by atoms with van der Waals surface area (Å²) in [4.78, 5) is 2.60. The summed E-state index contributed by atoms with van der Waals surface area (Å²) >= 11 is 0. The lowest BCUT2D eigenvalue weighted by Gasteiger charge is -2.25. The van der Waals surface area contributed by atoms with Crippen LogP contribution in [0.25, 0.3) is 0 Å². The van der Waals surface area contributed by atoms with Crippen molar-refractivity contribution in [1.29, 1.82) is 0 Å². The van der Waals surface area contributed by atoms with E-state index in [0.717, 1.165) is 12.6 Å². The van der Waals surface area contributed by atoms with Crippen LogP contribution < -0.4 is 5.32 Å². The van der Waals surface area contributed by atoms with Crippen molar-refractivity contribution in [2.24, 2.45) is 7.05 Å². The Balaban J connectivity index is 1.61. The summed E-state index contributed by atoms with van der Waals surface area (Å²) < 4.78 is 1.89. The van der Waals surface area contributed by atoms with Gasteiger partial charge in [-0.15, -0.1) is 5.10 Å². The van der Waals surface area contributed by atoms with Crippen LogP contribution in [-0.2, 0) is 13.6 Å². The fourth-order valence-corrected chi connectivity index (χ4v) is 2.64. The predicted octanol–water partition coefficient (Wildman–Crippen LogP) is 0.531. The van der Waals surface area contributed by atoms with Crippen LogP contribution in [0.5, 0.6) is 0 Å². The molecule has 1 aromatic rings. The molecule has 0 unspecified atom stereocenters. The Morgan fingerprint density at radius 3 is 2.94 bits per heavy atom. The minimum atomic E-state index is 0.691. The topological polar surface area (TPSA) is 46.0 Å². The molecule has 94 valence electrons. The first-order valence-corrected chi connectivity index (χ1v) is 6.64. The molecular weight excluding hydrogens is 214 g/mol. The second-order valence-electron chi connectivity index (χ2n) is 5.30. The molecule has 1 saturated carbocycles. The van der Waals surface area contributed by atoms with E-state index in [0.29, 0.717) is 6.04 Å². The normalized spacial score (nSPS) is 24.7. The molecule has 17 heavy (non-hydrogen) atoms. The maximum atomic E-state index is 4.01. The molecule has 0 bridgehead atoms. The van der Waals surface area contributed by atoms with Crippen molar-refractivity contribution in [3.63, 3.8) is 0 Å². The van der Waals surface area contributed by atoms with E-state index < -0.39 is 0 Å². The number of rotatable bonds is 5. The Morgan fingerprint density at radius 1 is 1.47 bits per heavy atom. The molecule has 1 aliphatic carbocycles. The molecule has 0 aromatic carbocycles. The first kappa shape index (κ1) is 11.2. The molecule has 1 aromatic heterocycles. The van der Waals surface area contributed by atoms with Gasteiger partial charge in [-0.1, -0.05) is 5.21 Å². The Hall–Kier alpha value is -0.940. The summed E-state index contributed by atoms with van der Waals surface area (Å²) in [6.07, 6.45) is 7.26. The van der Waals surface area contributed by atoms with Crippen molar-refractivity contribution < 1.29 is 0 Å². The molecule has 1 saturated heterocycles. The van der Waals surface area contributed by atoms with Gasteiger partial charge in [0.1, 0.15) is 0 Å². The van der Waals surface area contributed by atoms with Gasteiger partial charge >= 0.3 is 0 Å². The zero-order valence-electron chi connectivity index (χ0n) is 10.5. The molecule has 2 heterocycles. The van der Waals surface area contributed by atoms with Crippen LogP contribution in [0.1, 0.15) is 31.4 Å². The van der Waals surface area contributed by atoms with E-state index in [1.165, 1.54) is 44.5 Å². The minimum Gasteiger partial charge on any atom is -0.313 e. The molecule has 2 fully saturated rings. The lowest BCUT2D eigenvalue weighted by molar-refractivity contribution is 0.225. The van der Waals surface area contributed by atoms with Crippen molar-refractivity contribution in [3.05, 3.63) is 11.9 Å². The number of nitrogens with zero attached hydrogens (tertiary/aromatic N) is 4. The standard InChI is InChI=1S/C12H21N5/c1-16-12(7-14-15-16)9-17(11-4-5-11)8-10-3-2-6-13-10/h7,10-11,13H,2-6,8-9H2,1H3/t10-/m0/s1. The van der Waals surface area contributed by atoms with Gasteiger partial charge in [-0.05, 0) is 32.2 Å². The van der Waals surface area contributed by atoms with Gasteiger partial charge in [0.25, 0.3) is 0 Å². The van der Waals surface area contributed by atoms with Crippen LogP contribution in [0, 0.1) is 0 Å². The van der Waals surface area contributed by atoms with Crippen molar-refractivity contribution in [2.75, 3.05) is 13.1 Å². The Kier molecular flexibility index (Phi) is 3.11. The number of hydrogen-bond acceptors (Lipinski definition) is 4. The van der Waals surface area contributed by atoms with Crippen LogP contribution in [0.15, 0.2) is 6.20 Å². The fraction of sp³-hybridized carbons (Fsp3) is 0.833. The van der Waals surface area contributed by atoms with Crippen LogP contribution in [0.4, 0.5) is 0 Å². The molecule has 5 nitrogen and oxygen atoms in total. The Bertz CT molecular complexity index is 365. The highest BCUT2D eigenvalue weighted by Crippen LogP contribution is 2.28. The Labute approximate surface area is 102 Å². The summed E-state index contributed by atoms with van der Waals surface area (Å²) in [6.45, 7) is 3.36. The highest BCUT2D eigenvalue weighted by molar-refractivity contribution is 4.97. The predicted molar refractivity (Wildman–Crippen MR) is 65.5 cm³/mol. The van der Waals surface area contributed by atoms with Gasteiger partial charge in [-0.25, -0.2) is 0 Å². The number of aryl methyl sites for hydroxylation is 1. The average Bonchev–Trinajstić information content (AvgIpc) is 2.91. The van der Waals surface area contributed by atoms with Gasteiger partial charge < -0.3 is 5.32 Å². The van der Waals surface area contributed by atoms with Gasteiger partial charge in [-0.2, -0.15) is 0 Å². The zero-order chi connectivity index (χ0) is 11.7. The minimum absolute atomic E-state index is 0.691. The molecule has 1 atom stereocenters. The summed E-state index contributed by atoms with van der Waals surface area (Å²) in [5, 5.41) is 11.5. The Morgan fingerprint density at radius 2 is 2.35 bits per heavy atom. The van der Waals surface area contributed by atoms with Crippen molar-refractivity contribution in [1.82, 2.24) is 25.2 Å². The lowest BCUT2D eigenvalue weighted by Crippen LogP contribution is -2.38. The number of aromatic nitrogens is 3. The first-order chi connectivity index (χ1) is 8.33. The van der Waals surface area contributed by atoms with Crippen molar-refractivity contribution in [2.45, 2.75) is 44.3 Å².